The number of methoxy groups -OCH3 is 1. The minimum Gasteiger partial charge on any atom is -0.496 e. The Bertz CT molecular complexity index is 1070. The van der Waals surface area contributed by atoms with E-state index in [0.717, 1.165) is 10.0 Å². The van der Waals surface area contributed by atoms with Crippen LogP contribution in [0.5, 0.6) is 5.75 Å². The zero-order valence-electron chi connectivity index (χ0n) is 14.8. The second-order valence-electron chi connectivity index (χ2n) is 5.74. The number of carbonyl (C=O) groups is 1. The quantitative estimate of drug-likeness (QED) is 0.443. The van der Waals surface area contributed by atoms with Crippen molar-refractivity contribution in [2.24, 2.45) is 0 Å². The van der Waals surface area contributed by atoms with Crippen LogP contribution >= 0.6 is 39.1 Å². The number of ether oxygens (including phenoxy) is 1. The smallest absolute Gasteiger partial charge is 0.274 e. The van der Waals surface area contributed by atoms with Crippen molar-refractivity contribution in [3.8, 4) is 16.9 Å². The van der Waals surface area contributed by atoms with Crippen molar-refractivity contribution < 1.29 is 9.53 Å². The first-order chi connectivity index (χ1) is 13.5. The highest BCUT2D eigenvalue weighted by molar-refractivity contribution is 9.10. The van der Waals surface area contributed by atoms with Crippen molar-refractivity contribution in [1.29, 1.82) is 0 Å². The molecule has 7 heteroatoms. The van der Waals surface area contributed by atoms with Gasteiger partial charge in [-0.2, -0.15) is 0 Å². The Morgan fingerprint density at radius 3 is 2.54 bits per heavy atom. The number of hydrogen-bond donors (Lipinski definition) is 1. The van der Waals surface area contributed by atoms with E-state index in [9.17, 15) is 4.79 Å². The molecule has 28 heavy (non-hydrogen) atoms. The highest BCUT2D eigenvalue weighted by atomic mass is 79.9. The Morgan fingerprint density at radius 2 is 1.86 bits per heavy atom. The average Bonchev–Trinajstić information content (AvgIpc) is 2.71. The van der Waals surface area contributed by atoms with Gasteiger partial charge in [0.15, 0.2) is 0 Å². The van der Waals surface area contributed by atoms with Crippen molar-refractivity contribution in [2.75, 3.05) is 12.4 Å². The monoisotopic (exact) mass is 476 g/mol. The molecule has 0 bridgehead atoms. The van der Waals surface area contributed by atoms with E-state index in [2.05, 4.69) is 32.8 Å². The Morgan fingerprint density at radius 1 is 1.18 bits per heavy atom. The highest BCUT2D eigenvalue weighted by Crippen LogP contribution is 2.40. The first-order valence-electron chi connectivity index (χ1n) is 8.17. The topological polar surface area (TPSA) is 51.2 Å². The molecule has 0 unspecified atom stereocenters. The van der Waals surface area contributed by atoms with E-state index < -0.39 is 5.91 Å². The van der Waals surface area contributed by atoms with Crippen LogP contribution in [0.15, 0.2) is 59.7 Å². The lowest BCUT2D eigenvalue weighted by Crippen LogP contribution is -2.14. The Kier molecular flexibility index (Phi) is 6.39. The number of rotatable bonds is 5. The molecule has 0 aliphatic carbocycles. The molecule has 1 amide bonds. The summed E-state index contributed by atoms with van der Waals surface area (Å²) in [5.41, 5.74) is 2.81. The zero-order valence-corrected chi connectivity index (χ0v) is 17.9. The van der Waals surface area contributed by atoms with Crippen molar-refractivity contribution >= 4 is 56.8 Å². The lowest BCUT2D eigenvalue weighted by molar-refractivity contribution is 0.102. The second-order valence-corrected chi connectivity index (χ2v) is 7.35. The normalized spacial score (nSPS) is 10.4. The van der Waals surface area contributed by atoms with Crippen LogP contribution in [0.4, 0.5) is 5.69 Å². The summed E-state index contributed by atoms with van der Waals surface area (Å²) in [5, 5.41) is 3.71. The molecule has 2 aromatic carbocycles. The molecular weight excluding hydrogens is 463 g/mol. The van der Waals surface area contributed by atoms with E-state index in [-0.39, 0.29) is 5.69 Å². The van der Waals surface area contributed by atoms with Crippen molar-refractivity contribution in [3.05, 3.63) is 81.0 Å². The van der Waals surface area contributed by atoms with Crippen LogP contribution in [0.2, 0.25) is 10.0 Å². The number of aromatic nitrogens is 1. The molecule has 0 aliphatic rings. The van der Waals surface area contributed by atoms with Crippen molar-refractivity contribution in [3.63, 3.8) is 0 Å². The lowest BCUT2D eigenvalue weighted by atomic mass is 10.0. The van der Waals surface area contributed by atoms with E-state index in [4.69, 9.17) is 27.9 Å². The van der Waals surface area contributed by atoms with Crippen LogP contribution in [0.25, 0.3) is 17.2 Å². The first kappa shape index (κ1) is 20.4. The largest absolute Gasteiger partial charge is 0.496 e. The number of nitrogens with zero attached hydrogens (tertiary/aromatic N) is 1. The molecule has 1 heterocycles. The standard InChI is InChI=1S/C21H15BrCl2N2O2/c1-3-12-11-25-17(10-18(12)28-2)21(27)26-16-9-5-7-14(20(16)24)13-6-4-8-15(22)19(13)23/h3-11H,1H2,2H3,(H,26,27). The molecule has 3 rings (SSSR count). The van der Waals surface area contributed by atoms with Gasteiger partial charge in [0.25, 0.3) is 5.91 Å². The van der Waals surface area contributed by atoms with Gasteiger partial charge in [-0.25, -0.2) is 0 Å². The van der Waals surface area contributed by atoms with Gasteiger partial charge in [-0.3, -0.25) is 9.78 Å². The molecule has 3 aromatic rings. The molecule has 0 atom stereocenters. The van der Waals surface area contributed by atoms with Gasteiger partial charge in [-0.1, -0.05) is 60.1 Å². The summed E-state index contributed by atoms with van der Waals surface area (Å²) < 4.78 is 6.03. The lowest BCUT2D eigenvalue weighted by Gasteiger charge is -2.13. The van der Waals surface area contributed by atoms with Gasteiger partial charge >= 0.3 is 0 Å². The SMILES string of the molecule is C=Cc1cnc(C(=O)Nc2cccc(-c3cccc(Br)c3Cl)c2Cl)cc1OC. The maximum absolute atomic E-state index is 12.7. The second kappa shape index (κ2) is 8.78. The number of carbonyl (C=O) groups excluding carboxylic acids is 1. The summed E-state index contributed by atoms with van der Waals surface area (Å²) in [4.78, 5) is 16.8. The van der Waals surface area contributed by atoms with E-state index in [1.807, 2.05) is 24.3 Å². The third-order valence-corrected chi connectivity index (χ3v) is 5.76. The van der Waals surface area contributed by atoms with Gasteiger partial charge < -0.3 is 10.1 Å². The van der Waals surface area contributed by atoms with Crippen LogP contribution in [0.3, 0.4) is 0 Å². The first-order valence-corrected chi connectivity index (χ1v) is 9.72. The predicted molar refractivity (Wildman–Crippen MR) is 118 cm³/mol. The summed E-state index contributed by atoms with van der Waals surface area (Å²) >= 11 is 16.4. The molecule has 1 N–H and O–H groups in total. The molecule has 0 fully saturated rings. The highest BCUT2D eigenvalue weighted by Gasteiger charge is 2.16. The Balaban J connectivity index is 1.94. The Hall–Kier alpha value is -2.34. The molecular formula is C21H15BrCl2N2O2. The maximum Gasteiger partial charge on any atom is 0.274 e. The summed E-state index contributed by atoms with van der Waals surface area (Å²) in [6.45, 7) is 3.69. The number of nitrogens with one attached hydrogen (secondary N) is 1. The third-order valence-electron chi connectivity index (χ3n) is 4.06. The van der Waals surface area contributed by atoms with E-state index in [1.165, 1.54) is 13.3 Å². The van der Waals surface area contributed by atoms with Gasteiger partial charge in [0.2, 0.25) is 0 Å². The maximum atomic E-state index is 12.7. The van der Waals surface area contributed by atoms with Gasteiger partial charge in [-0.15, -0.1) is 0 Å². The minimum atomic E-state index is -0.409. The van der Waals surface area contributed by atoms with Crippen molar-refractivity contribution in [1.82, 2.24) is 4.98 Å². The predicted octanol–water partition coefficient (Wildman–Crippen LogP) is 6.72. The molecule has 0 spiro atoms. The van der Waals surface area contributed by atoms with Gasteiger partial charge in [0.1, 0.15) is 11.4 Å². The number of halogens is 3. The summed E-state index contributed by atoms with van der Waals surface area (Å²) in [6, 6.07) is 12.5. The molecule has 4 nitrogen and oxygen atoms in total. The molecule has 0 aliphatic heterocycles. The zero-order chi connectivity index (χ0) is 20.3. The summed E-state index contributed by atoms with van der Waals surface area (Å²) in [7, 11) is 1.52. The Labute approximate surface area is 181 Å². The van der Waals surface area contributed by atoms with Crippen molar-refractivity contribution in [2.45, 2.75) is 0 Å². The van der Waals surface area contributed by atoms with Crippen LogP contribution < -0.4 is 10.1 Å². The van der Waals surface area contributed by atoms with Gasteiger partial charge in [0.05, 0.1) is 22.8 Å². The van der Waals surface area contributed by atoms with E-state index >= 15 is 0 Å². The van der Waals surface area contributed by atoms with Gasteiger partial charge in [-0.05, 0) is 28.1 Å². The minimum absolute atomic E-state index is 0.199. The summed E-state index contributed by atoms with van der Waals surface area (Å²) in [5.74, 6) is 0.101. The number of amides is 1. The molecule has 142 valence electrons. The third kappa shape index (κ3) is 4.07. The molecule has 0 saturated heterocycles. The number of hydrogen-bond acceptors (Lipinski definition) is 3. The number of anilines is 1. The van der Waals surface area contributed by atoms with E-state index in [0.29, 0.717) is 32.6 Å². The number of pyridine rings is 1. The van der Waals surface area contributed by atoms with E-state index in [1.54, 1.807) is 24.3 Å². The van der Waals surface area contributed by atoms with Crippen LogP contribution in [0, 0.1) is 0 Å². The number of benzene rings is 2. The van der Waals surface area contributed by atoms with Crippen LogP contribution in [-0.2, 0) is 0 Å². The van der Waals surface area contributed by atoms with Crippen LogP contribution in [0.1, 0.15) is 16.1 Å². The molecule has 1 aromatic heterocycles. The molecule has 0 saturated carbocycles. The summed E-state index contributed by atoms with van der Waals surface area (Å²) in [6.07, 6.45) is 3.13. The fraction of sp³-hybridized carbons (Fsp3) is 0.0476. The van der Waals surface area contributed by atoms with Crippen LogP contribution in [-0.4, -0.2) is 18.0 Å². The fourth-order valence-corrected chi connectivity index (χ4v) is 3.51. The average molecular weight is 478 g/mol. The van der Waals surface area contributed by atoms with Gasteiger partial charge in [0, 0.05) is 33.4 Å². The molecule has 0 radical (unpaired) electrons. The fourth-order valence-electron chi connectivity index (χ4n) is 2.64.